The molecule has 2 atom stereocenters. The van der Waals surface area contributed by atoms with Gasteiger partial charge < -0.3 is 5.32 Å². The molecule has 1 N–H and O–H groups in total. The lowest BCUT2D eigenvalue weighted by atomic mass is 9.84. The molecule has 2 aliphatic heterocycles. The van der Waals surface area contributed by atoms with Crippen molar-refractivity contribution in [3.63, 3.8) is 0 Å². The molecule has 0 radical (unpaired) electrons. The predicted octanol–water partition coefficient (Wildman–Crippen LogP) is 1.63. The molecule has 3 rings (SSSR count). The van der Waals surface area contributed by atoms with Crippen molar-refractivity contribution in [2.45, 2.75) is 18.5 Å². The summed E-state index contributed by atoms with van der Waals surface area (Å²) in [4.78, 5) is 2.46. The van der Waals surface area contributed by atoms with Gasteiger partial charge in [-0.05, 0) is 17.7 Å². The molecule has 2 aliphatic rings. The summed E-state index contributed by atoms with van der Waals surface area (Å²) >= 11 is 0. The normalized spacial score (nSPS) is 28.7. The first kappa shape index (κ1) is 12.4. The molecule has 0 aromatic heterocycles. The molecule has 1 fully saturated rings. The van der Waals surface area contributed by atoms with Crippen LogP contribution in [0.25, 0.3) is 0 Å². The summed E-state index contributed by atoms with van der Waals surface area (Å²) < 4.78 is 0. The molecule has 0 bridgehead atoms. The molecule has 19 heavy (non-hydrogen) atoms. The molecular weight excluding hydrogens is 238 g/mol. The Labute approximate surface area is 113 Å². The summed E-state index contributed by atoms with van der Waals surface area (Å²) in [7, 11) is 0. The minimum absolute atomic E-state index is 0.256. The van der Waals surface area contributed by atoms with E-state index in [1.165, 1.54) is 0 Å². The summed E-state index contributed by atoms with van der Waals surface area (Å²) in [5.74, 6) is 0. The minimum Gasteiger partial charge on any atom is -0.314 e. The number of hydrogen-bond acceptors (Lipinski definition) is 5. The van der Waals surface area contributed by atoms with Gasteiger partial charge in [0.15, 0.2) is 5.54 Å². The molecule has 0 aliphatic carbocycles. The fraction of sp³-hybridized carbons (Fsp3) is 0.500. The molecule has 100 valence electrons. The smallest absolute Gasteiger partial charge is 0.160 e. The Balaban J connectivity index is 1.93. The highest BCUT2D eigenvalue weighted by Crippen LogP contribution is 2.34. The Kier molecular flexibility index (Phi) is 3.40. The monoisotopic (exact) mass is 257 g/mol. The first-order valence-electron chi connectivity index (χ1n) is 6.79. The Hall–Kier alpha value is -1.59. The van der Waals surface area contributed by atoms with Crippen molar-refractivity contribution >= 4 is 6.21 Å². The minimum atomic E-state index is -0.432. The van der Waals surface area contributed by atoms with Gasteiger partial charge in [0.1, 0.15) is 0 Å². The van der Waals surface area contributed by atoms with E-state index in [0.717, 1.165) is 31.7 Å². The van der Waals surface area contributed by atoms with Crippen molar-refractivity contribution in [3.8, 4) is 0 Å². The highest BCUT2D eigenvalue weighted by Gasteiger charge is 2.42. The van der Waals surface area contributed by atoms with Crippen molar-refractivity contribution in [1.29, 1.82) is 0 Å². The van der Waals surface area contributed by atoms with Gasteiger partial charge in [0.05, 0.1) is 6.21 Å². The third kappa shape index (κ3) is 2.19. The summed E-state index contributed by atoms with van der Waals surface area (Å²) in [6.07, 6.45) is 1.88. The molecule has 1 aromatic rings. The Morgan fingerprint density at radius 2 is 1.95 bits per heavy atom. The maximum Gasteiger partial charge on any atom is 0.160 e. The van der Waals surface area contributed by atoms with E-state index >= 15 is 0 Å². The van der Waals surface area contributed by atoms with Crippen LogP contribution in [-0.4, -0.2) is 43.3 Å². The third-order valence-corrected chi connectivity index (χ3v) is 4.09. The van der Waals surface area contributed by atoms with Crippen LogP contribution in [-0.2, 0) is 5.54 Å². The molecule has 1 saturated heterocycles. The second-order valence-corrected chi connectivity index (χ2v) is 5.09. The number of piperazine rings is 1. The second-order valence-electron chi connectivity index (χ2n) is 5.09. The molecule has 5 nitrogen and oxygen atoms in total. The van der Waals surface area contributed by atoms with E-state index in [1.54, 1.807) is 0 Å². The molecule has 0 amide bonds. The fourth-order valence-electron chi connectivity index (χ4n) is 2.86. The molecule has 2 heterocycles. The topological polar surface area (TPSA) is 52.3 Å². The Morgan fingerprint density at radius 1 is 1.21 bits per heavy atom. The molecule has 0 spiro atoms. The van der Waals surface area contributed by atoms with E-state index < -0.39 is 5.54 Å². The SMILES string of the molecule is CC(N1CCNCC1)C1(c2ccccc2)C=NN=N1. The van der Waals surface area contributed by atoms with Gasteiger partial charge in [-0.3, -0.25) is 4.90 Å². The zero-order valence-electron chi connectivity index (χ0n) is 11.2. The van der Waals surface area contributed by atoms with Crippen molar-refractivity contribution in [1.82, 2.24) is 10.2 Å². The van der Waals surface area contributed by atoms with Crippen LogP contribution in [0.3, 0.4) is 0 Å². The van der Waals surface area contributed by atoms with Gasteiger partial charge in [0.25, 0.3) is 0 Å². The van der Waals surface area contributed by atoms with Crippen molar-refractivity contribution in [3.05, 3.63) is 35.9 Å². The molecule has 1 aromatic carbocycles. The van der Waals surface area contributed by atoms with Crippen LogP contribution in [0.1, 0.15) is 12.5 Å². The van der Waals surface area contributed by atoms with Gasteiger partial charge in [-0.1, -0.05) is 30.3 Å². The first-order chi connectivity index (χ1) is 9.33. The van der Waals surface area contributed by atoms with Gasteiger partial charge in [0.2, 0.25) is 0 Å². The van der Waals surface area contributed by atoms with Gasteiger partial charge in [-0.25, -0.2) is 0 Å². The van der Waals surface area contributed by atoms with Crippen LogP contribution in [0.4, 0.5) is 0 Å². The Morgan fingerprint density at radius 3 is 2.58 bits per heavy atom. The van der Waals surface area contributed by atoms with Crippen LogP contribution in [0.5, 0.6) is 0 Å². The molecule has 0 saturated carbocycles. The highest BCUT2D eigenvalue weighted by atomic mass is 15.4. The first-order valence-corrected chi connectivity index (χ1v) is 6.79. The van der Waals surface area contributed by atoms with E-state index in [2.05, 4.69) is 44.7 Å². The molecule has 5 heteroatoms. The maximum absolute atomic E-state index is 4.45. The van der Waals surface area contributed by atoms with Gasteiger partial charge in [-0.2, -0.15) is 0 Å². The standard InChI is InChI=1S/C14H19N5/c1-12(19-9-7-15-8-10-19)14(11-16-18-17-14)13-5-3-2-4-6-13/h2-6,11-12,15H,7-10H2,1H3. The van der Waals surface area contributed by atoms with Crippen molar-refractivity contribution < 1.29 is 0 Å². The van der Waals surface area contributed by atoms with Crippen molar-refractivity contribution in [2.75, 3.05) is 26.2 Å². The zero-order chi connectivity index (χ0) is 13.1. The lowest BCUT2D eigenvalue weighted by Gasteiger charge is -2.39. The average Bonchev–Trinajstić information content (AvgIpc) is 2.99. The van der Waals surface area contributed by atoms with Gasteiger partial charge in [-0.15, -0.1) is 10.2 Å². The lowest BCUT2D eigenvalue weighted by Crippen LogP contribution is -2.54. The number of nitrogens with zero attached hydrogens (tertiary/aromatic N) is 4. The number of hydrogen-bond donors (Lipinski definition) is 1. The fourth-order valence-corrected chi connectivity index (χ4v) is 2.86. The second kappa shape index (κ2) is 5.19. The maximum atomic E-state index is 4.45. The van der Waals surface area contributed by atoms with E-state index in [-0.39, 0.29) is 6.04 Å². The zero-order valence-corrected chi connectivity index (χ0v) is 11.2. The average molecular weight is 257 g/mol. The van der Waals surface area contributed by atoms with Crippen LogP contribution in [0, 0.1) is 0 Å². The van der Waals surface area contributed by atoms with Crippen LogP contribution in [0.2, 0.25) is 0 Å². The predicted molar refractivity (Wildman–Crippen MR) is 75.4 cm³/mol. The number of benzene rings is 1. The van der Waals surface area contributed by atoms with Gasteiger partial charge in [0, 0.05) is 32.2 Å². The summed E-state index contributed by atoms with van der Waals surface area (Å²) in [5.41, 5.74) is 0.726. The summed E-state index contributed by atoms with van der Waals surface area (Å²) in [6, 6.07) is 10.6. The van der Waals surface area contributed by atoms with Crippen LogP contribution in [0.15, 0.2) is 45.8 Å². The quantitative estimate of drug-likeness (QED) is 0.894. The summed E-state index contributed by atoms with van der Waals surface area (Å²) in [5, 5.41) is 15.7. The number of nitrogens with one attached hydrogen (secondary N) is 1. The Bertz CT molecular complexity index is 464. The number of rotatable bonds is 3. The van der Waals surface area contributed by atoms with E-state index in [0.29, 0.717) is 0 Å². The van der Waals surface area contributed by atoms with Gasteiger partial charge >= 0.3 is 0 Å². The van der Waals surface area contributed by atoms with Crippen LogP contribution < -0.4 is 5.32 Å². The highest BCUT2D eigenvalue weighted by molar-refractivity contribution is 5.75. The molecule has 2 unspecified atom stereocenters. The van der Waals surface area contributed by atoms with E-state index in [1.807, 2.05) is 24.4 Å². The van der Waals surface area contributed by atoms with Crippen molar-refractivity contribution in [2.24, 2.45) is 15.4 Å². The largest absolute Gasteiger partial charge is 0.314 e. The van der Waals surface area contributed by atoms with E-state index in [4.69, 9.17) is 0 Å². The third-order valence-electron chi connectivity index (χ3n) is 4.09. The van der Waals surface area contributed by atoms with Crippen LogP contribution >= 0.6 is 0 Å². The van der Waals surface area contributed by atoms with E-state index in [9.17, 15) is 0 Å². The molecular formula is C14H19N5. The summed E-state index contributed by atoms with van der Waals surface area (Å²) in [6.45, 7) is 6.36. The lowest BCUT2D eigenvalue weighted by molar-refractivity contribution is 0.146.